The van der Waals surface area contributed by atoms with Crippen LogP contribution < -0.4 is 5.32 Å². The van der Waals surface area contributed by atoms with E-state index >= 15 is 0 Å². The van der Waals surface area contributed by atoms with Gasteiger partial charge >= 0.3 is 0 Å². The fourth-order valence-corrected chi connectivity index (χ4v) is 2.77. The van der Waals surface area contributed by atoms with E-state index in [1.54, 1.807) is 6.26 Å². The van der Waals surface area contributed by atoms with Crippen molar-refractivity contribution in [2.24, 2.45) is 5.92 Å². The van der Waals surface area contributed by atoms with Crippen molar-refractivity contribution in [1.29, 1.82) is 0 Å². The zero-order valence-electron chi connectivity index (χ0n) is 11.2. The molecule has 0 radical (unpaired) electrons. The van der Waals surface area contributed by atoms with Gasteiger partial charge in [-0.2, -0.15) is 0 Å². The second-order valence-corrected chi connectivity index (χ2v) is 6.82. The molecule has 1 aliphatic rings. The normalized spacial score (nSPS) is 24.4. The summed E-state index contributed by atoms with van der Waals surface area (Å²) in [6, 6.07) is 0.153. The third-order valence-corrected chi connectivity index (χ3v) is 3.96. The van der Waals surface area contributed by atoms with Gasteiger partial charge in [-0.1, -0.05) is 13.8 Å². The third-order valence-electron chi connectivity index (χ3n) is 3.15. The molecule has 3 unspecified atom stereocenters. The summed E-state index contributed by atoms with van der Waals surface area (Å²) in [5.41, 5.74) is 0. The van der Waals surface area contributed by atoms with E-state index in [-0.39, 0.29) is 18.0 Å². The zero-order valence-corrected chi connectivity index (χ0v) is 12.0. The number of carbonyl (C=O) groups is 1. The van der Waals surface area contributed by atoms with Gasteiger partial charge in [-0.05, 0) is 25.7 Å². The lowest BCUT2D eigenvalue weighted by molar-refractivity contribution is -0.130. The molecular weight excluding hydrogens is 236 g/mol. The molecule has 0 saturated carbocycles. The molecule has 1 amide bonds. The fourth-order valence-electron chi connectivity index (χ4n) is 2.09. The van der Waals surface area contributed by atoms with Crippen LogP contribution in [-0.2, 0) is 15.6 Å². The van der Waals surface area contributed by atoms with E-state index in [0.29, 0.717) is 18.3 Å². The molecule has 1 rings (SSSR count). The Balaban J connectivity index is 2.45. The Morgan fingerprint density at radius 2 is 2.12 bits per heavy atom. The van der Waals surface area contributed by atoms with Crippen LogP contribution in [0.5, 0.6) is 0 Å². The van der Waals surface area contributed by atoms with E-state index in [9.17, 15) is 9.00 Å². The van der Waals surface area contributed by atoms with Crippen LogP contribution in [-0.4, -0.2) is 45.8 Å². The first-order valence-electron chi connectivity index (χ1n) is 6.25. The highest BCUT2D eigenvalue weighted by molar-refractivity contribution is 7.84. The molecule has 3 atom stereocenters. The van der Waals surface area contributed by atoms with Gasteiger partial charge in [0.05, 0.1) is 12.7 Å². The molecular formula is C12H24N2O2S. The van der Waals surface area contributed by atoms with Gasteiger partial charge in [-0.25, -0.2) is 0 Å². The lowest BCUT2D eigenvalue weighted by Gasteiger charge is -2.23. The molecule has 1 aliphatic heterocycles. The van der Waals surface area contributed by atoms with Gasteiger partial charge in [0, 0.05) is 28.9 Å². The minimum Gasteiger partial charge on any atom is -0.326 e. The summed E-state index contributed by atoms with van der Waals surface area (Å²) in [5.74, 6) is 1.39. The predicted molar refractivity (Wildman–Crippen MR) is 71.1 cm³/mol. The quantitative estimate of drug-likeness (QED) is 0.773. The number of carbonyl (C=O) groups excluding carboxylic acids is 1. The summed E-state index contributed by atoms with van der Waals surface area (Å²) in [7, 11) is -0.774. The van der Waals surface area contributed by atoms with Crippen molar-refractivity contribution in [1.82, 2.24) is 10.2 Å². The molecule has 0 aromatic carbocycles. The first-order valence-corrected chi connectivity index (χ1v) is 7.98. The van der Waals surface area contributed by atoms with Crippen LogP contribution in [0.3, 0.4) is 0 Å². The summed E-state index contributed by atoms with van der Waals surface area (Å²) >= 11 is 0. The minimum atomic E-state index is -0.774. The van der Waals surface area contributed by atoms with E-state index in [4.69, 9.17) is 0 Å². The molecule has 1 fully saturated rings. The van der Waals surface area contributed by atoms with Crippen LogP contribution in [0.15, 0.2) is 0 Å². The van der Waals surface area contributed by atoms with Crippen molar-refractivity contribution in [3.8, 4) is 0 Å². The standard InChI is InChI=1S/C12H24N2O2S/c1-9(2)7-11-12(15)14(8-13-11)10(3)5-6-17(4)16/h9-11,13H,5-8H2,1-4H3. The molecule has 0 aromatic heterocycles. The maximum Gasteiger partial charge on any atom is 0.241 e. The molecule has 1 heterocycles. The Hall–Kier alpha value is -0.420. The molecule has 5 heteroatoms. The second kappa shape index (κ2) is 6.50. The number of nitrogens with one attached hydrogen (secondary N) is 1. The van der Waals surface area contributed by atoms with E-state index in [1.165, 1.54) is 0 Å². The first-order chi connectivity index (χ1) is 7.91. The average molecular weight is 260 g/mol. The summed E-state index contributed by atoms with van der Waals surface area (Å²) in [4.78, 5) is 14.0. The van der Waals surface area contributed by atoms with Crippen molar-refractivity contribution in [2.75, 3.05) is 18.7 Å². The number of amides is 1. The molecule has 17 heavy (non-hydrogen) atoms. The molecule has 1 saturated heterocycles. The molecule has 1 N–H and O–H groups in total. The fraction of sp³-hybridized carbons (Fsp3) is 0.917. The molecule has 100 valence electrons. The van der Waals surface area contributed by atoms with E-state index in [1.807, 2.05) is 11.8 Å². The number of hydrogen-bond donors (Lipinski definition) is 1. The smallest absolute Gasteiger partial charge is 0.241 e. The monoisotopic (exact) mass is 260 g/mol. The third kappa shape index (κ3) is 4.39. The highest BCUT2D eigenvalue weighted by Crippen LogP contribution is 2.16. The summed E-state index contributed by atoms with van der Waals surface area (Å²) < 4.78 is 11.0. The van der Waals surface area contributed by atoms with Crippen molar-refractivity contribution < 1.29 is 9.00 Å². The lowest BCUT2D eigenvalue weighted by Crippen LogP contribution is -2.37. The number of rotatable bonds is 6. The Bertz CT molecular complexity index is 294. The van der Waals surface area contributed by atoms with E-state index in [0.717, 1.165) is 12.8 Å². The van der Waals surface area contributed by atoms with Gasteiger partial charge in [-0.3, -0.25) is 14.3 Å². The van der Waals surface area contributed by atoms with Gasteiger partial charge in [0.15, 0.2) is 0 Å². The van der Waals surface area contributed by atoms with Crippen molar-refractivity contribution in [2.45, 2.75) is 45.7 Å². The maximum absolute atomic E-state index is 12.1. The molecule has 0 bridgehead atoms. The van der Waals surface area contributed by atoms with Gasteiger partial charge in [-0.15, -0.1) is 0 Å². The van der Waals surface area contributed by atoms with Crippen LogP contribution in [0.1, 0.15) is 33.6 Å². The van der Waals surface area contributed by atoms with Crippen LogP contribution in [0, 0.1) is 5.92 Å². The van der Waals surface area contributed by atoms with Gasteiger partial charge in [0.1, 0.15) is 0 Å². The maximum atomic E-state index is 12.1. The van der Waals surface area contributed by atoms with E-state index in [2.05, 4.69) is 19.2 Å². The number of nitrogens with zero attached hydrogens (tertiary/aromatic N) is 1. The van der Waals surface area contributed by atoms with Crippen LogP contribution in [0.2, 0.25) is 0 Å². The molecule has 0 aromatic rings. The van der Waals surface area contributed by atoms with Gasteiger partial charge < -0.3 is 4.90 Å². The van der Waals surface area contributed by atoms with Crippen LogP contribution >= 0.6 is 0 Å². The Morgan fingerprint density at radius 1 is 1.47 bits per heavy atom. The minimum absolute atomic E-state index is 0.0235. The SMILES string of the molecule is CC(C)CC1NCN(C(C)CCS(C)=O)C1=O. The molecule has 0 aliphatic carbocycles. The highest BCUT2D eigenvalue weighted by Gasteiger charge is 2.33. The zero-order chi connectivity index (χ0) is 13.0. The Kier molecular flexibility index (Phi) is 5.59. The van der Waals surface area contributed by atoms with E-state index < -0.39 is 10.8 Å². The molecule has 4 nitrogen and oxygen atoms in total. The van der Waals surface area contributed by atoms with Crippen molar-refractivity contribution in [3.63, 3.8) is 0 Å². The van der Waals surface area contributed by atoms with Gasteiger partial charge in [0.2, 0.25) is 5.91 Å². The van der Waals surface area contributed by atoms with Crippen LogP contribution in [0.25, 0.3) is 0 Å². The largest absolute Gasteiger partial charge is 0.326 e. The predicted octanol–water partition coefficient (Wildman–Crippen LogP) is 0.948. The first kappa shape index (κ1) is 14.6. The highest BCUT2D eigenvalue weighted by atomic mass is 32.2. The topological polar surface area (TPSA) is 49.4 Å². The van der Waals surface area contributed by atoms with Crippen LogP contribution in [0.4, 0.5) is 0 Å². The average Bonchev–Trinajstić information content (AvgIpc) is 2.56. The summed E-state index contributed by atoms with van der Waals surface area (Å²) in [5, 5.41) is 3.26. The Labute approximate surface area is 107 Å². The molecule has 0 spiro atoms. The van der Waals surface area contributed by atoms with Crippen molar-refractivity contribution in [3.05, 3.63) is 0 Å². The Morgan fingerprint density at radius 3 is 2.65 bits per heavy atom. The lowest BCUT2D eigenvalue weighted by atomic mass is 10.0. The number of hydrogen-bond acceptors (Lipinski definition) is 3. The van der Waals surface area contributed by atoms with Gasteiger partial charge in [0.25, 0.3) is 0 Å². The summed E-state index contributed by atoms with van der Waals surface area (Å²) in [6.07, 6.45) is 3.41. The second-order valence-electron chi connectivity index (χ2n) is 5.27. The van der Waals surface area contributed by atoms with Crippen molar-refractivity contribution >= 4 is 16.7 Å². The summed E-state index contributed by atoms with van der Waals surface area (Å²) in [6.45, 7) is 6.92.